The average molecular weight is 337 g/mol. The molecule has 0 atom stereocenters. The van der Waals surface area contributed by atoms with Crippen molar-refractivity contribution in [3.05, 3.63) is 65.5 Å². The number of carbonyl (C=O) groups is 2. The molecule has 0 fully saturated rings. The maximum absolute atomic E-state index is 12.3. The zero-order valence-corrected chi connectivity index (χ0v) is 13.2. The van der Waals surface area contributed by atoms with Gasteiger partial charge in [-0.2, -0.15) is 0 Å². The van der Waals surface area contributed by atoms with Crippen LogP contribution in [-0.2, 0) is 16.1 Å². The van der Waals surface area contributed by atoms with Crippen molar-refractivity contribution in [1.82, 2.24) is 19.9 Å². The van der Waals surface area contributed by atoms with Crippen LogP contribution in [-0.4, -0.2) is 32.9 Å². The molecule has 8 heteroatoms. The molecule has 0 bridgehead atoms. The topological polar surface area (TPSA) is 106 Å². The van der Waals surface area contributed by atoms with Gasteiger partial charge in [0.1, 0.15) is 6.54 Å². The van der Waals surface area contributed by atoms with Gasteiger partial charge in [-0.25, -0.2) is 4.98 Å². The van der Waals surface area contributed by atoms with Crippen LogP contribution in [0.4, 0.5) is 5.69 Å². The third kappa shape index (κ3) is 4.05. The first kappa shape index (κ1) is 16.3. The Kier molecular flexibility index (Phi) is 4.79. The summed E-state index contributed by atoms with van der Waals surface area (Å²) in [4.78, 5) is 44.1. The molecule has 0 saturated carbocycles. The van der Waals surface area contributed by atoms with Crippen LogP contribution >= 0.6 is 0 Å². The van der Waals surface area contributed by atoms with Crippen LogP contribution in [0.15, 0.2) is 59.9 Å². The van der Waals surface area contributed by atoms with Crippen molar-refractivity contribution >= 4 is 28.4 Å². The van der Waals surface area contributed by atoms with E-state index in [4.69, 9.17) is 0 Å². The fraction of sp³-hybridized carbons (Fsp3) is 0.118. The molecule has 0 unspecified atom stereocenters. The van der Waals surface area contributed by atoms with Gasteiger partial charge in [-0.15, -0.1) is 0 Å². The van der Waals surface area contributed by atoms with Gasteiger partial charge in [-0.1, -0.05) is 12.1 Å². The Balaban J connectivity index is 1.59. The normalized spacial score (nSPS) is 10.4. The highest BCUT2D eigenvalue weighted by Gasteiger charge is 2.09. The molecular weight excluding hydrogens is 322 g/mol. The molecule has 0 saturated heterocycles. The zero-order chi connectivity index (χ0) is 17.6. The molecular formula is C17H15N5O3. The first-order chi connectivity index (χ1) is 12.1. The number of fused-ring (bicyclic) bond motifs is 1. The van der Waals surface area contributed by atoms with Gasteiger partial charge in [0.05, 0.1) is 35.7 Å². The Labute approximate surface area is 142 Å². The van der Waals surface area contributed by atoms with Gasteiger partial charge >= 0.3 is 0 Å². The van der Waals surface area contributed by atoms with E-state index in [1.165, 1.54) is 17.1 Å². The Morgan fingerprint density at radius 1 is 1.08 bits per heavy atom. The number of aromatic nitrogens is 3. The smallest absolute Gasteiger partial charge is 0.261 e. The summed E-state index contributed by atoms with van der Waals surface area (Å²) in [6.45, 7) is -0.416. The minimum atomic E-state index is -0.458. The van der Waals surface area contributed by atoms with Crippen molar-refractivity contribution in [3.8, 4) is 0 Å². The van der Waals surface area contributed by atoms with E-state index in [2.05, 4.69) is 20.6 Å². The van der Waals surface area contributed by atoms with E-state index in [9.17, 15) is 14.4 Å². The van der Waals surface area contributed by atoms with Gasteiger partial charge in [0, 0.05) is 6.20 Å². The summed E-state index contributed by atoms with van der Waals surface area (Å²) in [6, 6.07) is 10.3. The SMILES string of the molecule is O=C(Cn1cnc2ccccc2c1=O)NCC(=O)Nc1cccnc1. The van der Waals surface area contributed by atoms with Crippen LogP contribution in [0.1, 0.15) is 0 Å². The molecule has 0 spiro atoms. The van der Waals surface area contributed by atoms with Crippen molar-refractivity contribution in [1.29, 1.82) is 0 Å². The van der Waals surface area contributed by atoms with Gasteiger partial charge in [0.25, 0.3) is 5.56 Å². The highest BCUT2D eigenvalue weighted by molar-refractivity contribution is 5.94. The lowest BCUT2D eigenvalue weighted by molar-refractivity contribution is -0.124. The first-order valence-corrected chi connectivity index (χ1v) is 7.54. The van der Waals surface area contributed by atoms with Crippen molar-refractivity contribution in [3.63, 3.8) is 0 Å². The number of benzene rings is 1. The predicted octanol–water partition coefficient (Wildman–Crippen LogP) is 0.546. The maximum Gasteiger partial charge on any atom is 0.261 e. The van der Waals surface area contributed by atoms with E-state index in [0.29, 0.717) is 16.6 Å². The van der Waals surface area contributed by atoms with Gasteiger partial charge < -0.3 is 10.6 Å². The number of para-hydroxylation sites is 1. The number of carbonyl (C=O) groups excluding carboxylic acids is 2. The fourth-order valence-electron chi connectivity index (χ4n) is 2.25. The standard InChI is InChI=1S/C17H15N5O3/c23-15(21-12-4-3-7-18-8-12)9-19-16(24)10-22-11-20-14-6-2-1-5-13(14)17(22)25/h1-8,11H,9-10H2,(H,19,24)(H,21,23). The van der Waals surface area contributed by atoms with E-state index in [-0.39, 0.29) is 24.6 Å². The second-order valence-corrected chi connectivity index (χ2v) is 5.26. The van der Waals surface area contributed by atoms with Gasteiger partial charge in [-0.05, 0) is 24.3 Å². The predicted molar refractivity (Wildman–Crippen MR) is 91.9 cm³/mol. The Morgan fingerprint density at radius 2 is 1.92 bits per heavy atom. The lowest BCUT2D eigenvalue weighted by atomic mass is 10.2. The molecule has 8 nitrogen and oxygen atoms in total. The van der Waals surface area contributed by atoms with Crippen LogP contribution in [0.2, 0.25) is 0 Å². The molecule has 2 N–H and O–H groups in total. The Morgan fingerprint density at radius 3 is 2.72 bits per heavy atom. The molecule has 0 aliphatic carbocycles. The number of hydrogen-bond donors (Lipinski definition) is 2. The van der Waals surface area contributed by atoms with Crippen molar-refractivity contribution in [2.75, 3.05) is 11.9 Å². The summed E-state index contributed by atoms with van der Waals surface area (Å²) in [5.41, 5.74) is 0.803. The van der Waals surface area contributed by atoms with E-state index in [1.54, 1.807) is 42.6 Å². The minimum Gasteiger partial charge on any atom is -0.345 e. The quantitative estimate of drug-likeness (QED) is 0.707. The van der Waals surface area contributed by atoms with Crippen LogP contribution in [0.5, 0.6) is 0 Å². The molecule has 0 radical (unpaired) electrons. The summed E-state index contributed by atoms with van der Waals surface area (Å²) >= 11 is 0. The molecule has 0 aliphatic rings. The van der Waals surface area contributed by atoms with E-state index in [0.717, 1.165) is 0 Å². The highest BCUT2D eigenvalue weighted by Crippen LogP contribution is 2.04. The van der Waals surface area contributed by atoms with Gasteiger partial charge in [0.2, 0.25) is 11.8 Å². The number of nitrogens with one attached hydrogen (secondary N) is 2. The van der Waals surface area contributed by atoms with Gasteiger partial charge in [-0.3, -0.25) is 23.9 Å². The van der Waals surface area contributed by atoms with Crippen LogP contribution in [0, 0.1) is 0 Å². The number of anilines is 1. The van der Waals surface area contributed by atoms with Gasteiger partial charge in [0.15, 0.2) is 0 Å². The maximum atomic E-state index is 12.3. The monoisotopic (exact) mass is 337 g/mol. The Bertz CT molecular complexity index is 969. The summed E-state index contributed by atoms with van der Waals surface area (Å²) in [7, 11) is 0. The van der Waals surface area contributed by atoms with Crippen molar-refractivity contribution < 1.29 is 9.59 Å². The number of pyridine rings is 1. The summed E-state index contributed by atoms with van der Waals surface area (Å²) < 4.78 is 1.21. The lowest BCUT2D eigenvalue weighted by Gasteiger charge is -2.08. The molecule has 2 heterocycles. The Hall–Kier alpha value is -3.55. The third-order valence-corrected chi connectivity index (χ3v) is 3.44. The molecule has 25 heavy (non-hydrogen) atoms. The molecule has 1 aromatic carbocycles. The number of amides is 2. The van der Waals surface area contributed by atoms with E-state index in [1.807, 2.05) is 0 Å². The lowest BCUT2D eigenvalue weighted by Crippen LogP contribution is -2.37. The second-order valence-electron chi connectivity index (χ2n) is 5.26. The highest BCUT2D eigenvalue weighted by atomic mass is 16.2. The number of nitrogens with zero attached hydrogens (tertiary/aromatic N) is 3. The fourth-order valence-corrected chi connectivity index (χ4v) is 2.25. The summed E-state index contributed by atoms with van der Waals surface area (Å²) in [5.74, 6) is -0.842. The third-order valence-electron chi connectivity index (χ3n) is 3.44. The molecule has 3 aromatic rings. The summed E-state index contributed by atoms with van der Waals surface area (Å²) in [6.07, 6.45) is 4.41. The second kappa shape index (κ2) is 7.35. The number of rotatable bonds is 5. The largest absolute Gasteiger partial charge is 0.345 e. The summed E-state index contributed by atoms with van der Waals surface area (Å²) in [5, 5.41) is 5.50. The van der Waals surface area contributed by atoms with Crippen LogP contribution in [0.25, 0.3) is 10.9 Å². The van der Waals surface area contributed by atoms with Crippen LogP contribution < -0.4 is 16.2 Å². The van der Waals surface area contributed by atoms with Crippen molar-refractivity contribution in [2.45, 2.75) is 6.54 Å². The van der Waals surface area contributed by atoms with Crippen LogP contribution in [0.3, 0.4) is 0 Å². The van der Waals surface area contributed by atoms with E-state index >= 15 is 0 Å². The molecule has 126 valence electrons. The number of hydrogen-bond acceptors (Lipinski definition) is 5. The zero-order valence-electron chi connectivity index (χ0n) is 13.2. The molecule has 2 aromatic heterocycles. The average Bonchev–Trinajstić information content (AvgIpc) is 2.63. The molecule has 3 rings (SSSR count). The molecule has 2 amide bonds. The van der Waals surface area contributed by atoms with Crippen molar-refractivity contribution in [2.24, 2.45) is 0 Å². The van der Waals surface area contributed by atoms with E-state index < -0.39 is 5.91 Å². The first-order valence-electron chi connectivity index (χ1n) is 7.54. The minimum absolute atomic E-state index is 0.205. The molecule has 0 aliphatic heterocycles.